The number of nitrogens with one attached hydrogen (secondary N) is 1. The maximum Gasteiger partial charge on any atom is 0.220 e. The highest BCUT2D eigenvalue weighted by Crippen LogP contribution is 2.11. The second-order valence-corrected chi connectivity index (χ2v) is 4.93. The van der Waals surface area contributed by atoms with Gasteiger partial charge in [-0.1, -0.05) is 0 Å². The summed E-state index contributed by atoms with van der Waals surface area (Å²) in [6.45, 7) is 5.33. The fraction of sp³-hybridized carbons (Fsp3) is 0.909. The normalized spacial score (nSPS) is 21.7. The molecule has 0 aromatic rings. The third kappa shape index (κ3) is 5.74. The Labute approximate surface area is 91.5 Å². The fourth-order valence-electron chi connectivity index (χ4n) is 1.56. The smallest absolute Gasteiger partial charge is 0.220 e. The van der Waals surface area contributed by atoms with Crippen molar-refractivity contribution in [3.8, 4) is 0 Å². The van der Waals surface area contributed by atoms with Crippen LogP contribution in [-0.4, -0.2) is 30.7 Å². The Morgan fingerprint density at radius 2 is 2.33 bits per heavy atom. The molecule has 15 heavy (non-hydrogen) atoms. The van der Waals surface area contributed by atoms with Crippen LogP contribution in [-0.2, 0) is 9.53 Å². The average Bonchev–Trinajstić information content (AvgIpc) is 2.62. The molecule has 1 aliphatic rings. The van der Waals surface area contributed by atoms with Crippen molar-refractivity contribution in [3.05, 3.63) is 0 Å². The van der Waals surface area contributed by atoms with E-state index in [1.165, 1.54) is 0 Å². The molecule has 4 heteroatoms. The zero-order chi connectivity index (χ0) is 11.3. The number of carbonyl (C=O) groups excluding carboxylic acids is 1. The van der Waals surface area contributed by atoms with E-state index in [2.05, 4.69) is 5.32 Å². The summed E-state index contributed by atoms with van der Waals surface area (Å²) >= 11 is 0. The molecule has 0 aromatic carbocycles. The minimum Gasteiger partial charge on any atom is -0.376 e. The molecule has 1 saturated heterocycles. The van der Waals surface area contributed by atoms with Crippen molar-refractivity contribution in [2.45, 2.75) is 51.2 Å². The topological polar surface area (TPSA) is 64.4 Å². The zero-order valence-electron chi connectivity index (χ0n) is 9.71. The van der Waals surface area contributed by atoms with Gasteiger partial charge in [-0.3, -0.25) is 4.79 Å². The summed E-state index contributed by atoms with van der Waals surface area (Å²) in [6.07, 6.45) is 3.60. The van der Waals surface area contributed by atoms with Gasteiger partial charge in [-0.05, 0) is 33.1 Å². The van der Waals surface area contributed by atoms with Crippen LogP contribution in [0.3, 0.4) is 0 Å². The van der Waals surface area contributed by atoms with Gasteiger partial charge in [0, 0.05) is 25.1 Å². The Balaban J connectivity index is 2.08. The van der Waals surface area contributed by atoms with Crippen molar-refractivity contribution < 1.29 is 9.53 Å². The molecular weight excluding hydrogens is 192 g/mol. The maximum absolute atomic E-state index is 11.4. The minimum atomic E-state index is -0.263. The quantitative estimate of drug-likeness (QED) is 0.711. The van der Waals surface area contributed by atoms with Gasteiger partial charge >= 0.3 is 0 Å². The lowest BCUT2D eigenvalue weighted by Gasteiger charge is -2.18. The first-order chi connectivity index (χ1) is 6.97. The third-order valence-electron chi connectivity index (χ3n) is 2.55. The molecule has 0 aromatic heterocycles. The van der Waals surface area contributed by atoms with E-state index in [0.29, 0.717) is 19.4 Å². The van der Waals surface area contributed by atoms with Crippen molar-refractivity contribution in [3.63, 3.8) is 0 Å². The van der Waals surface area contributed by atoms with Crippen LogP contribution in [0.15, 0.2) is 0 Å². The minimum absolute atomic E-state index is 0.0732. The summed E-state index contributed by atoms with van der Waals surface area (Å²) in [5.74, 6) is 0.0732. The molecule has 88 valence electrons. The van der Waals surface area contributed by atoms with Gasteiger partial charge in [0.1, 0.15) is 0 Å². The molecule has 1 unspecified atom stereocenters. The highest BCUT2D eigenvalue weighted by Gasteiger charge is 2.17. The molecule has 1 aliphatic heterocycles. The van der Waals surface area contributed by atoms with Crippen LogP contribution in [0.25, 0.3) is 0 Å². The Bertz CT molecular complexity index is 205. The number of ether oxygens (including phenoxy) is 1. The van der Waals surface area contributed by atoms with Crippen LogP contribution < -0.4 is 11.1 Å². The van der Waals surface area contributed by atoms with Gasteiger partial charge in [-0.2, -0.15) is 0 Å². The van der Waals surface area contributed by atoms with Gasteiger partial charge in [-0.15, -0.1) is 0 Å². The van der Waals surface area contributed by atoms with Gasteiger partial charge in [0.15, 0.2) is 0 Å². The Kier molecular flexibility index (Phi) is 4.54. The van der Waals surface area contributed by atoms with Gasteiger partial charge in [-0.25, -0.2) is 0 Å². The summed E-state index contributed by atoms with van der Waals surface area (Å²) in [5, 5.41) is 2.88. The average molecular weight is 214 g/mol. The van der Waals surface area contributed by atoms with Crippen molar-refractivity contribution >= 4 is 5.91 Å². The highest BCUT2D eigenvalue weighted by molar-refractivity contribution is 5.75. The van der Waals surface area contributed by atoms with Crippen molar-refractivity contribution in [1.82, 2.24) is 5.32 Å². The van der Waals surface area contributed by atoms with E-state index in [9.17, 15) is 4.79 Å². The molecule has 1 atom stereocenters. The molecule has 1 rings (SSSR count). The second-order valence-electron chi connectivity index (χ2n) is 4.93. The Hall–Kier alpha value is -0.610. The molecule has 1 heterocycles. The summed E-state index contributed by atoms with van der Waals surface area (Å²) < 4.78 is 5.41. The number of carbonyl (C=O) groups is 1. The SMILES string of the molecule is CC(C)(N)CCC(=O)NCC1CCCO1. The van der Waals surface area contributed by atoms with E-state index in [0.717, 1.165) is 19.4 Å². The van der Waals surface area contributed by atoms with E-state index in [4.69, 9.17) is 10.5 Å². The van der Waals surface area contributed by atoms with Crippen LogP contribution in [0.1, 0.15) is 39.5 Å². The monoisotopic (exact) mass is 214 g/mol. The highest BCUT2D eigenvalue weighted by atomic mass is 16.5. The first kappa shape index (κ1) is 12.5. The van der Waals surface area contributed by atoms with Crippen molar-refractivity contribution in [1.29, 1.82) is 0 Å². The predicted octanol–water partition coefficient (Wildman–Crippen LogP) is 0.799. The summed E-state index contributed by atoms with van der Waals surface area (Å²) in [5.41, 5.74) is 5.53. The van der Waals surface area contributed by atoms with E-state index >= 15 is 0 Å². The molecule has 0 bridgehead atoms. The van der Waals surface area contributed by atoms with E-state index in [1.807, 2.05) is 13.8 Å². The van der Waals surface area contributed by atoms with E-state index in [-0.39, 0.29) is 17.6 Å². The lowest BCUT2D eigenvalue weighted by atomic mass is 10.00. The second kappa shape index (κ2) is 5.47. The Morgan fingerprint density at radius 3 is 2.87 bits per heavy atom. The van der Waals surface area contributed by atoms with Crippen LogP contribution in [0.2, 0.25) is 0 Å². The first-order valence-electron chi connectivity index (χ1n) is 5.64. The lowest BCUT2D eigenvalue weighted by Crippen LogP contribution is -2.36. The third-order valence-corrected chi connectivity index (χ3v) is 2.55. The fourth-order valence-corrected chi connectivity index (χ4v) is 1.56. The largest absolute Gasteiger partial charge is 0.376 e. The standard InChI is InChI=1S/C11H22N2O2/c1-11(2,12)6-5-10(14)13-8-9-4-3-7-15-9/h9H,3-8,12H2,1-2H3,(H,13,14). The molecule has 3 N–H and O–H groups in total. The zero-order valence-corrected chi connectivity index (χ0v) is 9.71. The van der Waals surface area contributed by atoms with Gasteiger partial charge in [0.2, 0.25) is 5.91 Å². The number of hydrogen-bond acceptors (Lipinski definition) is 3. The number of nitrogens with two attached hydrogens (primary N) is 1. The predicted molar refractivity (Wildman–Crippen MR) is 59.5 cm³/mol. The summed E-state index contributed by atoms with van der Waals surface area (Å²) in [4.78, 5) is 11.4. The first-order valence-corrected chi connectivity index (χ1v) is 5.64. The van der Waals surface area contributed by atoms with Crippen LogP contribution in [0.5, 0.6) is 0 Å². The van der Waals surface area contributed by atoms with E-state index in [1.54, 1.807) is 0 Å². The Morgan fingerprint density at radius 1 is 1.60 bits per heavy atom. The number of amides is 1. The molecular formula is C11H22N2O2. The van der Waals surface area contributed by atoms with Crippen LogP contribution in [0, 0.1) is 0 Å². The molecule has 1 fully saturated rings. The van der Waals surface area contributed by atoms with Gasteiger partial charge in [0.25, 0.3) is 0 Å². The molecule has 1 amide bonds. The number of hydrogen-bond donors (Lipinski definition) is 2. The maximum atomic E-state index is 11.4. The summed E-state index contributed by atoms with van der Waals surface area (Å²) in [7, 11) is 0. The van der Waals surface area contributed by atoms with Crippen LogP contribution >= 0.6 is 0 Å². The van der Waals surface area contributed by atoms with E-state index < -0.39 is 0 Å². The molecule has 0 saturated carbocycles. The summed E-state index contributed by atoms with van der Waals surface area (Å²) in [6, 6.07) is 0. The van der Waals surface area contributed by atoms with Crippen molar-refractivity contribution in [2.75, 3.05) is 13.2 Å². The number of rotatable bonds is 5. The lowest BCUT2D eigenvalue weighted by molar-refractivity contribution is -0.121. The van der Waals surface area contributed by atoms with Crippen molar-refractivity contribution in [2.24, 2.45) is 5.73 Å². The van der Waals surface area contributed by atoms with Gasteiger partial charge in [0.05, 0.1) is 6.10 Å². The molecule has 0 radical (unpaired) electrons. The molecule has 0 spiro atoms. The van der Waals surface area contributed by atoms with Gasteiger partial charge < -0.3 is 15.8 Å². The molecule has 0 aliphatic carbocycles. The van der Waals surface area contributed by atoms with Crippen LogP contribution in [0.4, 0.5) is 0 Å². The molecule has 4 nitrogen and oxygen atoms in total.